The van der Waals surface area contributed by atoms with Crippen LogP contribution in [0, 0.1) is 5.92 Å². The van der Waals surface area contributed by atoms with Gasteiger partial charge in [0.15, 0.2) is 0 Å². The van der Waals surface area contributed by atoms with Crippen LogP contribution in [0.4, 0.5) is 13.2 Å². The molecule has 1 amide bonds. The van der Waals surface area contributed by atoms with E-state index in [0.717, 1.165) is 18.9 Å². The molecule has 3 nitrogen and oxygen atoms in total. The standard InChI is InChI=1S/C15H19F3N2O/c16-15(17,18)13-4-2-1-3-11(13)9-20-14(21)10-5-7-12(19)8-6-10/h1-4,10,12H,5-9,19H2,(H,20,21)/t10-,12-. The number of benzene rings is 1. The zero-order valence-corrected chi connectivity index (χ0v) is 11.6. The number of carbonyl (C=O) groups is 1. The third kappa shape index (κ3) is 4.20. The highest BCUT2D eigenvalue weighted by molar-refractivity contribution is 5.78. The quantitative estimate of drug-likeness (QED) is 0.902. The van der Waals surface area contributed by atoms with Crippen LogP contribution in [0.15, 0.2) is 24.3 Å². The second-order valence-electron chi connectivity index (χ2n) is 5.48. The van der Waals surface area contributed by atoms with Gasteiger partial charge in [-0.3, -0.25) is 4.79 Å². The minimum atomic E-state index is -4.40. The van der Waals surface area contributed by atoms with Crippen molar-refractivity contribution in [3.05, 3.63) is 35.4 Å². The molecule has 1 saturated carbocycles. The summed E-state index contributed by atoms with van der Waals surface area (Å²) in [7, 11) is 0. The molecule has 0 radical (unpaired) electrons. The molecule has 1 aromatic carbocycles. The normalized spacial score (nSPS) is 22.9. The number of alkyl halides is 3. The maximum Gasteiger partial charge on any atom is 0.416 e. The van der Waals surface area contributed by atoms with E-state index in [1.54, 1.807) is 0 Å². The maximum absolute atomic E-state index is 12.8. The number of hydrogen-bond acceptors (Lipinski definition) is 2. The van der Waals surface area contributed by atoms with Gasteiger partial charge in [0.25, 0.3) is 0 Å². The van der Waals surface area contributed by atoms with E-state index in [1.165, 1.54) is 18.2 Å². The van der Waals surface area contributed by atoms with Gasteiger partial charge < -0.3 is 11.1 Å². The first-order valence-electron chi connectivity index (χ1n) is 7.06. The van der Waals surface area contributed by atoms with E-state index in [2.05, 4.69) is 5.32 Å². The van der Waals surface area contributed by atoms with Crippen LogP contribution < -0.4 is 11.1 Å². The molecule has 0 heterocycles. The van der Waals surface area contributed by atoms with Crippen molar-refractivity contribution < 1.29 is 18.0 Å². The molecule has 21 heavy (non-hydrogen) atoms. The van der Waals surface area contributed by atoms with E-state index in [0.29, 0.717) is 12.8 Å². The van der Waals surface area contributed by atoms with Crippen LogP contribution >= 0.6 is 0 Å². The molecule has 1 fully saturated rings. The lowest BCUT2D eigenvalue weighted by molar-refractivity contribution is -0.138. The van der Waals surface area contributed by atoms with Gasteiger partial charge >= 0.3 is 6.18 Å². The Labute approximate surface area is 121 Å². The number of rotatable bonds is 3. The SMILES string of the molecule is N[C@H]1CC[C@H](C(=O)NCc2ccccc2C(F)(F)F)CC1. The van der Waals surface area contributed by atoms with Crippen molar-refractivity contribution in [3.63, 3.8) is 0 Å². The molecule has 3 N–H and O–H groups in total. The molecule has 0 aliphatic heterocycles. The predicted octanol–water partition coefficient (Wildman–Crippen LogP) is 2.84. The van der Waals surface area contributed by atoms with Gasteiger partial charge in [-0.05, 0) is 37.3 Å². The van der Waals surface area contributed by atoms with E-state index >= 15 is 0 Å². The minimum Gasteiger partial charge on any atom is -0.352 e. The summed E-state index contributed by atoms with van der Waals surface area (Å²) < 4.78 is 38.5. The van der Waals surface area contributed by atoms with Crippen LogP contribution in [0.2, 0.25) is 0 Å². The lowest BCUT2D eigenvalue weighted by atomic mass is 9.86. The summed E-state index contributed by atoms with van der Waals surface area (Å²) in [5.74, 6) is -0.318. The lowest BCUT2D eigenvalue weighted by Gasteiger charge is -2.25. The average Bonchev–Trinajstić information content (AvgIpc) is 2.45. The molecule has 1 aliphatic rings. The van der Waals surface area contributed by atoms with Gasteiger partial charge in [0, 0.05) is 18.5 Å². The molecule has 0 bridgehead atoms. The Kier molecular flexibility index (Phi) is 4.88. The number of carbonyl (C=O) groups excluding carboxylic acids is 1. The summed E-state index contributed by atoms with van der Waals surface area (Å²) >= 11 is 0. The van der Waals surface area contributed by atoms with Crippen LogP contribution in [0.3, 0.4) is 0 Å². The molecule has 116 valence electrons. The van der Waals surface area contributed by atoms with Gasteiger partial charge in [0.05, 0.1) is 5.56 Å². The van der Waals surface area contributed by atoms with Crippen molar-refractivity contribution >= 4 is 5.91 Å². The van der Waals surface area contributed by atoms with Crippen LogP contribution in [0.5, 0.6) is 0 Å². The highest BCUT2D eigenvalue weighted by Gasteiger charge is 2.33. The molecular formula is C15H19F3N2O. The van der Waals surface area contributed by atoms with Crippen molar-refractivity contribution in [2.24, 2.45) is 11.7 Å². The molecule has 0 saturated heterocycles. The second kappa shape index (κ2) is 6.47. The molecule has 6 heteroatoms. The summed E-state index contributed by atoms with van der Waals surface area (Å²) in [5.41, 5.74) is 5.16. The maximum atomic E-state index is 12.8. The number of hydrogen-bond donors (Lipinski definition) is 2. The van der Waals surface area contributed by atoms with E-state index in [-0.39, 0.29) is 30.0 Å². The van der Waals surface area contributed by atoms with Gasteiger partial charge in [-0.25, -0.2) is 0 Å². The largest absolute Gasteiger partial charge is 0.416 e. The van der Waals surface area contributed by atoms with Gasteiger partial charge in [0.1, 0.15) is 0 Å². The summed E-state index contributed by atoms with van der Waals surface area (Å²) in [5, 5.41) is 2.62. The molecule has 1 aromatic rings. The Morgan fingerprint density at radius 1 is 1.19 bits per heavy atom. The Hall–Kier alpha value is -1.56. The lowest BCUT2D eigenvalue weighted by Crippen LogP contribution is -2.36. The molecule has 0 unspecified atom stereocenters. The van der Waals surface area contributed by atoms with Gasteiger partial charge in [0.2, 0.25) is 5.91 Å². The fourth-order valence-corrected chi connectivity index (χ4v) is 2.66. The number of amides is 1. The first-order valence-corrected chi connectivity index (χ1v) is 7.06. The number of nitrogens with one attached hydrogen (secondary N) is 1. The third-order valence-corrected chi connectivity index (χ3v) is 3.92. The smallest absolute Gasteiger partial charge is 0.352 e. The van der Waals surface area contributed by atoms with Crippen molar-refractivity contribution in [2.75, 3.05) is 0 Å². The average molecular weight is 300 g/mol. The molecule has 0 atom stereocenters. The van der Waals surface area contributed by atoms with E-state index in [9.17, 15) is 18.0 Å². The minimum absolute atomic E-state index is 0.0888. The highest BCUT2D eigenvalue weighted by atomic mass is 19.4. The Bertz CT molecular complexity index is 494. The predicted molar refractivity (Wildman–Crippen MR) is 73.2 cm³/mol. The fraction of sp³-hybridized carbons (Fsp3) is 0.533. The van der Waals surface area contributed by atoms with Crippen molar-refractivity contribution in [1.82, 2.24) is 5.32 Å². The van der Waals surface area contributed by atoms with Crippen LogP contribution in [0.1, 0.15) is 36.8 Å². The van der Waals surface area contributed by atoms with Crippen LogP contribution in [0.25, 0.3) is 0 Å². The van der Waals surface area contributed by atoms with Crippen LogP contribution in [-0.2, 0) is 17.5 Å². The molecule has 2 rings (SSSR count). The topological polar surface area (TPSA) is 55.1 Å². The van der Waals surface area contributed by atoms with E-state index < -0.39 is 11.7 Å². The summed E-state index contributed by atoms with van der Waals surface area (Å²) in [6, 6.07) is 5.44. The van der Waals surface area contributed by atoms with Gasteiger partial charge in [-0.15, -0.1) is 0 Å². The highest BCUT2D eigenvalue weighted by Crippen LogP contribution is 2.32. The third-order valence-electron chi connectivity index (χ3n) is 3.92. The zero-order chi connectivity index (χ0) is 15.5. The van der Waals surface area contributed by atoms with Crippen molar-refractivity contribution in [1.29, 1.82) is 0 Å². The fourth-order valence-electron chi connectivity index (χ4n) is 2.66. The summed E-state index contributed by atoms with van der Waals surface area (Å²) in [6.45, 7) is -0.100. The molecule has 0 aromatic heterocycles. The van der Waals surface area contributed by atoms with Crippen LogP contribution in [-0.4, -0.2) is 11.9 Å². The van der Waals surface area contributed by atoms with E-state index in [1.807, 2.05) is 0 Å². The Morgan fingerprint density at radius 2 is 1.81 bits per heavy atom. The Morgan fingerprint density at radius 3 is 2.43 bits per heavy atom. The van der Waals surface area contributed by atoms with Gasteiger partial charge in [-0.1, -0.05) is 18.2 Å². The number of halogens is 3. The molecular weight excluding hydrogens is 281 g/mol. The second-order valence-corrected chi connectivity index (χ2v) is 5.48. The summed E-state index contributed by atoms with van der Waals surface area (Å²) in [4.78, 5) is 12.0. The zero-order valence-electron chi connectivity index (χ0n) is 11.6. The first-order chi connectivity index (χ1) is 9.88. The summed E-state index contributed by atoms with van der Waals surface area (Å²) in [6.07, 6.45) is -1.42. The van der Waals surface area contributed by atoms with Crippen molar-refractivity contribution in [3.8, 4) is 0 Å². The van der Waals surface area contributed by atoms with Crippen molar-refractivity contribution in [2.45, 2.75) is 44.4 Å². The number of nitrogens with two attached hydrogens (primary N) is 1. The Balaban J connectivity index is 1.96. The monoisotopic (exact) mass is 300 g/mol. The first kappa shape index (κ1) is 15.8. The van der Waals surface area contributed by atoms with Gasteiger partial charge in [-0.2, -0.15) is 13.2 Å². The molecule has 0 spiro atoms. The van der Waals surface area contributed by atoms with E-state index in [4.69, 9.17) is 5.73 Å². The molecule has 1 aliphatic carbocycles.